The van der Waals surface area contributed by atoms with E-state index >= 15 is 0 Å². The molecule has 1 fully saturated rings. The number of likely N-dealkylation sites (tertiary alicyclic amines) is 1. The molecular weight excluding hydrogens is 332 g/mol. The number of carbonyl (C=O) groups is 1. The molecule has 25 heavy (non-hydrogen) atoms. The summed E-state index contributed by atoms with van der Waals surface area (Å²) in [6, 6.07) is 12.7. The molecule has 1 N–H and O–H groups in total. The van der Waals surface area contributed by atoms with Crippen molar-refractivity contribution in [3.8, 4) is 5.69 Å². The molecule has 5 nitrogen and oxygen atoms in total. The molecule has 0 saturated carbocycles. The highest BCUT2D eigenvalue weighted by molar-refractivity contribution is 7.03. The summed E-state index contributed by atoms with van der Waals surface area (Å²) >= 11 is 1.32. The molecule has 126 valence electrons. The quantitative estimate of drug-likeness (QED) is 0.731. The second-order valence-corrected chi connectivity index (χ2v) is 7.35. The molecule has 1 saturated heterocycles. The highest BCUT2D eigenvalue weighted by Gasteiger charge is 2.42. The Morgan fingerprint density at radius 1 is 1.16 bits per heavy atom. The number of nitrogens with one attached hydrogen (secondary N) is 1. The van der Waals surface area contributed by atoms with Crippen molar-refractivity contribution in [2.24, 2.45) is 0 Å². The number of carbonyl (C=O) groups excluding carboxylic acids is 1. The van der Waals surface area contributed by atoms with Gasteiger partial charge in [0.1, 0.15) is 0 Å². The van der Waals surface area contributed by atoms with Gasteiger partial charge in [-0.3, -0.25) is 4.79 Å². The Kier molecular flexibility index (Phi) is 3.21. The molecule has 1 spiro atoms. The topological polar surface area (TPSA) is 50.2 Å². The highest BCUT2D eigenvalue weighted by atomic mass is 32.1. The van der Waals surface area contributed by atoms with Gasteiger partial charge in [-0.2, -0.15) is 0 Å². The molecule has 4 heterocycles. The first-order valence-electron chi connectivity index (χ1n) is 8.51. The number of fused-ring (bicyclic) bond motifs is 4. The largest absolute Gasteiger partial charge is 0.372 e. The van der Waals surface area contributed by atoms with Crippen LogP contribution in [0.25, 0.3) is 5.69 Å². The monoisotopic (exact) mass is 350 g/mol. The maximum Gasteiger partial charge on any atom is 0.256 e. The number of hydrogen-bond donors (Lipinski definition) is 1. The zero-order chi connectivity index (χ0) is 16.9. The number of benzene rings is 1. The summed E-state index contributed by atoms with van der Waals surface area (Å²) in [5, 5.41) is 5.61. The van der Waals surface area contributed by atoms with Crippen molar-refractivity contribution in [1.29, 1.82) is 0 Å². The standard InChI is InChI=1S/C19H18N4OS/c24-18(14-12-20-25-13-14)22-10-7-19(8-11-22)17-6-3-9-23(17)16-5-2-1-4-15(16)21-19/h1-6,9,12-13,21H,7-8,10-11H2. The lowest BCUT2D eigenvalue weighted by molar-refractivity contribution is 0.0677. The second-order valence-electron chi connectivity index (χ2n) is 6.69. The Hall–Kier alpha value is -2.60. The predicted octanol–water partition coefficient (Wildman–Crippen LogP) is 3.49. The summed E-state index contributed by atoms with van der Waals surface area (Å²) in [7, 11) is 0. The molecule has 0 bridgehead atoms. The third-order valence-electron chi connectivity index (χ3n) is 5.36. The number of para-hydroxylation sites is 2. The molecule has 2 aliphatic rings. The van der Waals surface area contributed by atoms with Gasteiger partial charge in [0.05, 0.1) is 28.7 Å². The number of amides is 1. The third kappa shape index (κ3) is 2.21. The summed E-state index contributed by atoms with van der Waals surface area (Å²) in [6.07, 6.45) is 5.59. The maximum absolute atomic E-state index is 12.6. The molecule has 2 aromatic heterocycles. The van der Waals surface area contributed by atoms with Crippen LogP contribution in [-0.4, -0.2) is 32.8 Å². The summed E-state index contributed by atoms with van der Waals surface area (Å²) < 4.78 is 6.33. The summed E-state index contributed by atoms with van der Waals surface area (Å²) in [5.41, 5.74) is 4.23. The van der Waals surface area contributed by atoms with Crippen molar-refractivity contribution in [3.63, 3.8) is 0 Å². The minimum atomic E-state index is -0.110. The van der Waals surface area contributed by atoms with Crippen LogP contribution in [0, 0.1) is 0 Å². The van der Waals surface area contributed by atoms with Gasteiger partial charge in [-0.25, -0.2) is 4.37 Å². The normalized spacial score (nSPS) is 17.7. The van der Waals surface area contributed by atoms with Gasteiger partial charge < -0.3 is 14.8 Å². The first kappa shape index (κ1) is 14.7. The van der Waals surface area contributed by atoms with Crippen LogP contribution in [0.15, 0.2) is 54.2 Å². The number of anilines is 1. The first-order chi connectivity index (χ1) is 12.3. The molecule has 5 rings (SSSR count). The summed E-state index contributed by atoms with van der Waals surface area (Å²) in [5.74, 6) is 0.0928. The fourth-order valence-corrected chi connectivity index (χ4v) is 4.57. The lowest BCUT2D eigenvalue weighted by Crippen LogP contribution is -2.51. The van der Waals surface area contributed by atoms with Crippen LogP contribution in [0.1, 0.15) is 28.9 Å². The van der Waals surface area contributed by atoms with E-state index in [9.17, 15) is 4.79 Å². The SMILES string of the molecule is O=C(c1cnsc1)N1CCC2(CC1)Nc1ccccc1-n1cccc12. The van der Waals surface area contributed by atoms with Gasteiger partial charge in [-0.15, -0.1) is 0 Å². The van der Waals surface area contributed by atoms with E-state index in [1.54, 1.807) is 6.20 Å². The van der Waals surface area contributed by atoms with E-state index < -0.39 is 0 Å². The van der Waals surface area contributed by atoms with Crippen molar-refractivity contribution in [3.05, 3.63) is 65.4 Å². The van der Waals surface area contributed by atoms with Crippen LogP contribution < -0.4 is 5.32 Å². The van der Waals surface area contributed by atoms with E-state index in [0.29, 0.717) is 5.56 Å². The minimum absolute atomic E-state index is 0.0928. The zero-order valence-corrected chi connectivity index (χ0v) is 14.5. The Balaban J connectivity index is 1.44. The summed E-state index contributed by atoms with van der Waals surface area (Å²) in [6.45, 7) is 1.49. The van der Waals surface area contributed by atoms with Gasteiger partial charge in [0, 0.05) is 30.4 Å². The molecule has 1 aromatic carbocycles. The van der Waals surface area contributed by atoms with Gasteiger partial charge in [0.15, 0.2) is 0 Å². The van der Waals surface area contributed by atoms with E-state index in [-0.39, 0.29) is 11.4 Å². The number of nitrogens with zero attached hydrogens (tertiary/aromatic N) is 3. The Morgan fingerprint density at radius 3 is 2.80 bits per heavy atom. The van der Waals surface area contributed by atoms with Crippen LogP contribution in [0.2, 0.25) is 0 Å². The van der Waals surface area contributed by atoms with E-state index in [1.165, 1.54) is 22.9 Å². The van der Waals surface area contributed by atoms with Gasteiger partial charge in [-0.05, 0) is 48.6 Å². The number of hydrogen-bond acceptors (Lipinski definition) is 4. The fourth-order valence-electron chi connectivity index (χ4n) is 4.06. The van der Waals surface area contributed by atoms with E-state index in [0.717, 1.165) is 31.6 Å². The smallest absolute Gasteiger partial charge is 0.256 e. The second kappa shape index (κ2) is 5.46. The van der Waals surface area contributed by atoms with E-state index in [2.05, 4.69) is 56.9 Å². The molecule has 2 aliphatic heterocycles. The number of piperidine rings is 1. The molecule has 1 amide bonds. The van der Waals surface area contributed by atoms with Gasteiger partial charge in [0.2, 0.25) is 0 Å². The molecule has 0 unspecified atom stereocenters. The Bertz CT molecular complexity index is 923. The first-order valence-corrected chi connectivity index (χ1v) is 9.35. The number of aromatic nitrogens is 2. The minimum Gasteiger partial charge on any atom is -0.372 e. The molecule has 0 atom stereocenters. The zero-order valence-electron chi connectivity index (χ0n) is 13.7. The lowest BCUT2D eigenvalue weighted by atomic mass is 9.82. The van der Waals surface area contributed by atoms with E-state index in [1.807, 2.05) is 10.3 Å². The molecule has 0 radical (unpaired) electrons. The van der Waals surface area contributed by atoms with Crippen LogP contribution >= 0.6 is 11.5 Å². The molecule has 0 aliphatic carbocycles. The van der Waals surface area contributed by atoms with Gasteiger partial charge in [0.25, 0.3) is 5.91 Å². The highest BCUT2D eigenvalue weighted by Crippen LogP contribution is 2.43. The van der Waals surface area contributed by atoms with E-state index in [4.69, 9.17) is 0 Å². The van der Waals surface area contributed by atoms with Crippen molar-refractivity contribution in [1.82, 2.24) is 13.8 Å². The van der Waals surface area contributed by atoms with Crippen molar-refractivity contribution in [2.75, 3.05) is 18.4 Å². The summed E-state index contributed by atoms with van der Waals surface area (Å²) in [4.78, 5) is 14.5. The van der Waals surface area contributed by atoms with Crippen molar-refractivity contribution >= 4 is 23.1 Å². The molecule has 6 heteroatoms. The number of rotatable bonds is 1. The van der Waals surface area contributed by atoms with Gasteiger partial charge in [-0.1, -0.05) is 12.1 Å². The Morgan fingerprint density at radius 2 is 2.00 bits per heavy atom. The average Bonchev–Trinajstić information content (AvgIpc) is 3.34. The van der Waals surface area contributed by atoms with Gasteiger partial charge >= 0.3 is 0 Å². The lowest BCUT2D eigenvalue weighted by Gasteiger charge is -2.46. The third-order valence-corrected chi connectivity index (χ3v) is 5.95. The van der Waals surface area contributed by atoms with Crippen molar-refractivity contribution < 1.29 is 4.79 Å². The Labute approximate surface area is 150 Å². The molecule has 3 aromatic rings. The van der Waals surface area contributed by atoms with Crippen LogP contribution in [-0.2, 0) is 5.54 Å². The van der Waals surface area contributed by atoms with Crippen LogP contribution in [0.3, 0.4) is 0 Å². The molecular formula is C19H18N4OS. The van der Waals surface area contributed by atoms with Crippen LogP contribution in [0.4, 0.5) is 5.69 Å². The predicted molar refractivity (Wildman–Crippen MR) is 98.3 cm³/mol. The van der Waals surface area contributed by atoms with Crippen molar-refractivity contribution in [2.45, 2.75) is 18.4 Å². The fraction of sp³-hybridized carbons (Fsp3) is 0.263. The average molecular weight is 350 g/mol. The maximum atomic E-state index is 12.6. The van der Waals surface area contributed by atoms with Crippen LogP contribution in [0.5, 0.6) is 0 Å².